The van der Waals surface area contributed by atoms with E-state index in [1.807, 2.05) is 18.4 Å². The number of hydrogen-bond donors (Lipinski definition) is 1. The van der Waals surface area contributed by atoms with Gasteiger partial charge in [-0.25, -0.2) is 9.37 Å². The summed E-state index contributed by atoms with van der Waals surface area (Å²) in [5.74, 6) is -0.175. The van der Waals surface area contributed by atoms with Crippen LogP contribution in [0, 0.1) is 12.7 Å². The summed E-state index contributed by atoms with van der Waals surface area (Å²) in [6.45, 7) is 7.08. The molecule has 0 bridgehead atoms. The number of aromatic nitrogens is 1. The van der Waals surface area contributed by atoms with Gasteiger partial charge in [0.05, 0.1) is 4.90 Å². The van der Waals surface area contributed by atoms with Crippen molar-refractivity contribution < 1.29 is 4.39 Å². The fraction of sp³-hybridized carbons (Fsp3) is 0.400. The van der Waals surface area contributed by atoms with Gasteiger partial charge in [-0.2, -0.15) is 0 Å². The lowest BCUT2D eigenvalue weighted by molar-refractivity contribution is 0.543. The molecule has 0 saturated heterocycles. The predicted octanol–water partition coefficient (Wildman–Crippen LogP) is 4.80. The van der Waals surface area contributed by atoms with Crippen LogP contribution in [0.25, 0.3) is 0 Å². The van der Waals surface area contributed by atoms with E-state index in [2.05, 4.69) is 24.1 Å². The van der Waals surface area contributed by atoms with Gasteiger partial charge >= 0.3 is 0 Å². The van der Waals surface area contributed by atoms with Gasteiger partial charge in [0.15, 0.2) is 4.34 Å². The SMILES string of the molecule is CCCNC(C)c1cccc(F)c1Sc1nc(C)cs1. The van der Waals surface area contributed by atoms with Crippen molar-refractivity contribution >= 4 is 23.1 Å². The molecule has 1 unspecified atom stereocenters. The molecule has 20 heavy (non-hydrogen) atoms. The molecule has 0 aliphatic carbocycles. The molecule has 5 heteroatoms. The lowest BCUT2D eigenvalue weighted by atomic mass is 10.1. The summed E-state index contributed by atoms with van der Waals surface area (Å²) in [6, 6.07) is 5.40. The summed E-state index contributed by atoms with van der Waals surface area (Å²) < 4.78 is 15.0. The van der Waals surface area contributed by atoms with Crippen molar-refractivity contribution in [3.63, 3.8) is 0 Å². The molecule has 1 aromatic carbocycles. The van der Waals surface area contributed by atoms with Gasteiger partial charge in [-0.15, -0.1) is 11.3 Å². The number of aryl methyl sites for hydroxylation is 1. The largest absolute Gasteiger partial charge is 0.310 e. The summed E-state index contributed by atoms with van der Waals surface area (Å²) in [7, 11) is 0. The number of rotatable bonds is 6. The van der Waals surface area contributed by atoms with Gasteiger partial charge in [-0.1, -0.05) is 30.8 Å². The summed E-state index contributed by atoms with van der Waals surface area (Å²) in [4.78, 5) is 5.08. The van der Waals surface area contributed by atoms with Gasteiger partial charge in [0.2, 0.25) is 0 Å². The minimum absolute atomic E-state index is 0.134. The Morgan fingerprint density at radius 2 is 2.25 bits per heavy atom. The third kappa shape index (κ3) is 3.81. The van der Waals surface area contributed by atoms with E-state index in [0.717, 1.165) is 28.6 Å². The van der Waals surface area contributed by atoms with Crippen LogP contribution < -0.4 is 5.32 Å². The quantitative estimate of drug-likeness (QED) is 0.829. The van der Waals surface area contributed by atoms with Gasteiger partial charge in [0.25, 0.3) is 0 Å². The predicted molar refractivity (Wildman–Crippen MR) is 84.1 cm³/mol. The van der Waals surface area contributed by atoms with E-state index in [4.69, 9.17) is 0 Å². The Morgan fingerprint density at radius 1 is 1.45 bits per heavy atom. The van der Waals surface area contributed by atoms with Crippen LogP contribution in [-0.4, -0.2) is 11.5 Å². The maximum absolute atomic E-state index is 14.2. The monoisotopic (exact) mass is 310 g/mol. The van der Waals surface area contributed by atoms with Crippen LogP contribution in [-0.2, 0) is 0 Å². The number of thiazole rings is 1. The molecule has 1 atom stereocenters. The molecule has 0 aliphatic rings. The van der Waals surface area contributed by atoms with Gasteiger partial charge in [-0.05, 0) is 38.4 Å². The van der Waals surface area contributed by atoms with Crippen molar-refractivity contribution in [1.82, 2.24) is 10.3 Å². The van der Waals surface area contributed by atoms with E-state index in [0.29, 0.717) is 4.90 Å². The van der Waals surface area contributed by atoms with Crippen LogP contribution in [0.3, 0.4) is 0 Å². The molecular formula is C15H19FN2S2. The number of hydrogen-bond acceptors (Lipinski definition) is 4. The maximum atomic E-state index is 14.2. The molecule has 0 radical (unpaired) electrons. The molecule has 0 fully saturated rings. The first-order chi connectivity index (χ1) is 9.61. The van der Waals surface area contributed by atoms with E-state index in [-0.39, 0.29) is 11.9 Å². The molecule has 108 valence electrons. The van der Waals surface area contributed by atoms with E-state index in [1.165, 1.54) is 17.8 Å². The summed E-state index contributed by atoms with van der Waals surface area (Å²) >= 11 is 2.97. The highest BCUT2D eigenvalue weighted by atomic mass is 32.2. The smallest absolute Gasteiger partial charge is 0.155 e. The van der Waals surface area contributed by atoms with Crippen LogP contribution in [0.1, 0.15) is 37.6 Å². The average Bonchev–Trinajstić information content (AvgIpc) is 2.84. The lowest BCUT2D eigenvalue weighted by Gasteiger charge is -2.17. The summed E-state index contributed by atoms with van der Waals surface area (Å²) in [6.07, 6.45) is 1.06. The van der Waals surface area contributed by atoms with Crippen LogP contribution in [0.4, 0.5) is 4.39 Å². The molecule has 1 N–H and O–H groups in total. The zero-order chi connectivity index (χ0) is 14.5. The molecular weight excluding hydrogens is 291 g/mol. The average molecular weight is 310 g/mol. The number of nitrogens with one attached hydrogen (secondary N) is 1. The molecule has 0 aliphatic heterocycles. The third-order valence-electron chi connectivity index (χ3n) is 2.95. The van der Waals surface area contributed by atoms with E-state index in [1.54, 1.807) is 17.4 Å². The highest BCUT2D eigenvalue weighted by Gasteiger charge is 2.16. The van der Waals surface area contributed by atoms with Crippen molar-refractivity contribution in [3.05, 3.63) is 40.7 Å². The lowest BCUT2D eigenvalue weighted by Crippen LogP contribution is -2.20. The molecule has 2 nitrogen and oxygen atoms in total. The maximum Gasteiger partial charge on any atom is 0.155 e. The Labute approximate surface area is 127 Å². The molecule has 2 rings (SSSR count). The highest BCUT2D eigenvalue weighted by molar-refractivity contribution is 8.01. The van der Waals surface area contributed by atoms with Crippen molar-refractivity contribution in [1.29, 1.82) is 0 Å². The Hall–Kier alpha value is -0.910. The molecule has 2 aromatic rings. The van der Waals surface area contributed by atoms with Gasteiger partial charge < -0.3 is 5.32 Å². The molecule has 1 aromatic heterocycles. The number of benzene rings is 1. The zero-order valence-electron chi connectivity index (χ0n) is 11.9. The number of nitrogens with zero attached hydrogens (tertiary/aromatic N) is 1. The van der Waals surface area contributed by atoms with Crippen molar-refractivity contribution in [2.45, 2.75) is 42.5 Å². The highest BCUT2D eigenvalue weighted by Crippen LogP contribution is 2.36. The Balaban J connectivity index is 2.26. The first kappa shape index (κ1) is 15.5. The summed E-state index contributed by atoms with van der Waals surface area (Å²) in [5.41, 5.74) is 1.98. The topological polar surface area (TPSA) is 24.9 Å². The van der Waals surface area contributed by atoms with Crippen molar-refractivity contribution in [3.8, 4) is 0 Å². The zero-order valence-corrected chi connectivity index (χ0v) is 13.6. The van der Waals surface area contributed by atoms with E-state index in [9.17, 15) is 4.39 Å². The standard InChI is InChI=1S/C15H19FN2S2/c1-4-8-17-11(3)12-6-5-7-13(16)14(12)20-15-18-10(2)9-19-15/h5-7,9,11,17H,4,8H2,1-3H3. The minimum atomic E-state index is -0.175. The Morgan fingerprint density at radius 3 is 2.90 bits per heavy atom. The second kappa shape index (κ2) is 7.20. The van der Waals surface area contributed by atoms with Crippen molar-refractivity contribution in [2.24, 2.45) is 0 Å². The number of halogens is 1. The fourth-order valence-electron chi connectivity index (χ4n) is 1.91. The fourth-order valence-corrected chi connectivity index (χ4v) is 3.91. The van der Waals surface area contributed by atoms with Gasteiger partial charge in [0.1, 0.15) is 5.82 Å². The van der Waals surface area contributed by atoms with Crippen LogP contribution in [0.5, 0.6) is 0 Å². The van der Waals surface area contributed by atoms with Crippen LogP contribution in [0.2, 0.25) is 0 Å². The molecule has 0 spiro atoms. The Kier molecular flexibility index (Phi) is 5.57. The molecule has 1 heterocycles. The van der Waals surface area contributed by atoms with Crippen LogP contribution >= 0.6 is 23.1 Å². The first-order valence-corrected chi connectivity index (χ1v) is 8.43. The van der Waals surface area contributed by atoms with Crippen molar-refractivity contribution in [2.75, 3.05) is 6.54 Å². The first-order valence-electron chi connectivity index (χ1n) is 6.73. The normalized spacial score (nSPS) is 12.6. The third-order valence-corrected chi connectivity index (χ3v) is 5.14. The molecule has 0 amide bonds. The second-order valence-electron chi connectivity index (χ2n) is 4.69. The summed E-state index contributed by atoms with van der Waals surface area (Å²) in [5, 5.41) is 5.40. The van der Waals surface area contributed by atoms with Gasteiger partial charge in [0, 0.05) is 17.1 Å². The van der Waals surface area contributed by atoms with E-state index >= 15 is 0 Å². The second-order valence-corrected chi connectivity index (χ2v) is 6.81. The van der Waals surface area contributed by atoms with E-state index < -0.39 is 0 Å². The Bertz CT molecular complexity index is 569. The van der Waals surface area contributed by atoms with Gasteiger partial charge in [-0.3, -0.25) is 0 Å². The molecule has 0 saturated carbocycles. The minimum Gasteiger partial charge on any atom is -0.310 e. The van der Waals surface area contributed by atoms with Crippen LogP contribution in [0.15, 0.2) is 32.8 Å².